The van der Waals surface area contributed by atoms with Crippen molar-refractivity contribution in [3.05, 3.63) is 0 Å². The monoisotopic (exact) mass is 270 g/mol. The van der Waals surface area contributed by atoms with Crippen LogP contribution in [0.2, 0.25) is 0 Å². The van der Waals surface area contributed by atoms with Gasteiger partial charge in [-0.25, -0.2) is 0 Å². The van der Waals surface area contributed by atoms with E-state index in [-0.39, 0.29) is 0 Å². The summed E-state index contributed by atoms with van der Waals surface area (Å²) in [5.41, 5.74) is 0. The maximum Gasteiger partial charge on any atom is 0.0496 e. The standard InChI is InChI=1S/C16H30OS/c18-16-10-4-3-7-14(9-6-11-16)15-8-2-1-5-12-17-13-15/h14-16,18H,1-13H2. The first-order chi connectivity index (χ1) is 8.86. The average Bonchev–Trinajstić information content (AvgIpc) is 2.41. The third-order valence-electron chi connectivity index (χ3n) is 4.84. The molecule has 106 valence electrons. The second kappa shape index (κ2) is 8.47. The van der Waals surface area contributed by atoms with Crippen LogP contribution in [0.1, 0.15) is 70.6 Å². The summed E-state index contributed by atoms with van der Waals surface area (Å²) in [7, 11) is 0. The Morgan fingerprint density at radius 1 is 0.667 bits per heavy atom. The second-order valence-electron chi connectivity index (χ2n) is 6.31. The van der Waals surface area contributed by atoms with Crippen LogP contribution in [0.25, 0.3) is 0 Å². The molecule has 3 atom stereocenters. The zero-order valence-electron chi connectivity index (χ0n) is 11.8. The highest BCUT2D eigenvalue weighted by atomic mass is 32.1. The Kier molecular flexibility index (Phi) is 6.93. The summed E-state index contributed by atoms with van der Waals surface area (Å²) < 4.78 is 5.85. The fourth-order valence-electron chi connectivity index (χ4n) is 3.64. The topological polar surface area (TPSA) is 9.23 Å². The molecule has 1 heterocycles. The molecule has 1 saturated carbocycles. The Morgan fingerprint density at radius 3 is 2.28 bits per heavy atom. The molecule has 1 saturated heterocycles. The number of hydrogen-bond donors (Lipinski definition) is 1. The van der Waals surface area contributed by atoms with Crippen LogP contribution in [0.3, 0.4) is 0 Å². The number of hydrogen-bond acceptors (Lipinski definition) is 2. The van der Waals surface area contributed by atoms with Crippen LogP contribution in [-0.4, -0.2) is 18.5 Å². The molecule has 0 radical (unpaired) electrons. The van der Waals surface area contributed by atoms with Gasteiger partial charge in [0.15, 0.2) is 0 Å². The summed E-state index contributed by atoms with van der Waals surface area (Å²) in [4.78, 5) is 0. The molecule has 0 aromatic carbocycles. The first-order valence-corrected chi connectivity index (χ1v) is 8.63. The van der Waals surface area contributed by atoms with Crippen LogP contribution < -0.4 is 0 Å². The lowest BCUT2D eigenvalue weighted by Crippen LogP contribution is -2.22. The second-order valence-corrected chi connectivity index (χ2v) is 7.04. The molecule has 0 aromatic heterocycles. The Labute approximate surface area is 118 Å². The predicted molar refractivity (Wildman–Crippen MR) is 81.4 cm³/mol. The van der Waals surface area contributed by atoms with Gasteiger partial charge in [0.1, 0.15) is 0 Å². The van der Waals surface area contributed by atoms with Crippen molar-refractivity contribution in [3.63, 3.8) is 0 Å². The van der Waals surface area contributed by atoms with Gasteiger partial charge >= 0.3 is 0 Å². The third-order valence-corrected chi connectivity index (χ3v) is 5.35. The van der Waals surface area contributed by atoms with E-state index >= 15 is 0 Å². The smallest absolute Gasteiger partial charge is 0.0496 e. The quantitative estimate of drug-likeness (QED) is 0.670. The lowest BCUT2D eigenvalue weighted by Gasteiger charge is -2.28. The molecule has 0 amide bonds. The summed E-state index contributed by atoms with van der Waals surface area (Å²) in [6, 6.07) is 0. The van der Waals surface area contributed by atoms with Gasteiger partial charge < -0.3 is 4.74 Å². The molecule has 2 aliphatic rings. The molecule has 0 aromatic rings. The molecule has 0 N–H and O–H groups in total. The average molecular weight is 270 g/mol. The Bertz CT molecular complexity index is 211. The zero-order chi connectivity index (χ0) is 12.6. The molecule has 2 rings (SSSR count). The molecule has 1 aliphatic heterocycles. The van der Waals surface area contributed by atoms with Crippen molar-refractivity contribution in [2.75, 3.05) is 13.2 Å². The van der Waals surface area contributed by atoms with E-state index in [1.807, 2.05) is 0 Å². The Morgan fingerprint density at radius 2 is 1.33 bits per heavy atom. The molecule has 2 heteroatoms. The molecule has 3 unspecified atom stereocenters. The van der Waals surface area contributed by atoms with Gasteiger partial charge in [-0.1, -0.05) is 44.9 Å². The maximum absolute atomic E-state index is 5.85. The number of thiol groups is 1. The Hall–Kier alpha value is 0.310. The summed E-state index contributed by atoms with van der Waals surface area (Å²) >= 11 is 4.69. The molecule has 0 spiro atoms. The van der Waals surface area contributed by atoms with Crippen LogP contribution in [-0.2, 0) is 4.74 Å². The van der Waals surface area contributed by atoms with Gasteiger partial charge in [-0.15, -0.1) is 0 Å². The highest BCUT2D eigenvalue weighted by Crippen LogP contribution is 2.32. The van der Waals surface area contributed by atoms with Gasteiger partial charge in [-0.3, -0.25) is 0 Å². The van der Waals surface area contributed by atoms with E-state index in [0.29, 0.717) is 5.25 Å². The van der Waals surface area contributed by atoms with Crippen LogP contribution in [0.4, 0.5) is 0 Å². The van der Waals surface area contributed by atoms with E-state index in [0.717, 1.165) is 25.0 Å². The van der Waals surface area contributed by atoms with Crippen molar-refractivity contribution >= 4 is 12.6 Å². The SMILES string of the molecule is SC1CCCCC(C2CCCCCOC2)CCC1. The van der Waals surface area contributed by atoms with Gasteiger partial charge in [0, 0.05) is 18.5 Å². The van der Waals surface area contributed by atoms with Crippen molar-refractivity contribution in [3.8, 4) is 0 Å². The molecule has 1 aliphatic carbocycles. The van der Waals surface area contributed by atoms with Crippen LogP contribution in [0.5, 0.6) is 0 Å². The maximum atomic E-state index is 5.85. The lowest BCUT2D eigenvalue weighted by molar-refractivity contribution is 0.0528. The van der Waals surface area contributed by atoms with E-state index in [2.05, 4.69) is 12.6 Å². The fourth-order valence-corrected chi connectivity index (χ4v) is 4.00. The fraction of sp³-hybridized carbons (Fsp3) is 1.00. The minimum Gasteiger partial charge on any atom is -0.381 e. The first kappa shape index (κ1) is 14.7. The van der Waals surface area contributed by atoms with Gasteiger partial charge in [-0.05, 0) is 37.5 Å². The van der Waals surface area contributed by atoms with E-state index < -0.39 is 0 Å². The molecule has 0 bridgehead atoms. The van der Waals surface area contributed by atoms with Gasteiger partial charge in [0.25, 0.3) is 0 Å². The lowest BCUT2D eigenvalue weighted by atomic mass is 9.81. The number of rotatable bonds is 1. The van der Waals surface area contributed by atoms with Crippen molar-refractivity contribution in [1.29, 1.82) is 0 Å². The van der Waals surface area contributed by atoms with Crippen molar-refractivity contribution in [2.24, 2.45) is 11.8 Å². The highest BCUT2D eigenvalue weighted by molar-refractivity contribution is 7.80. The van der Waals surface area contributed by atoms with Gasteiger partial charge in [0.2, 0.25) is 0 Å². The summed E-state index contributed by atoms with van der Waals surface area (Å²) in [6.45, 7) is 2.04. The largest absolute Gasteiger partial charge is 0.381 e. The van der Waals surface area contributed by atoms with Crippen LogP contribution >= 0.6 is 12.6 Å². The van der Waals surface area contributed by atoms with E-state index in [1.54, 1.807) is 0 Å². The number of ether oxygens (including phenoxy) is 1. The highest BCUT2D eigenvalue weighted by Gasteiger charge is 2.23. The van der Waals surface area contributed by atoms with E-state index in [9.17, 15) is 0 Å². The molecule has 18 heavy (non-hydrogen) atoms. The first-order valence-electron chi connectivity index (χ1n) is 8.12. The zero-order valence-corrected chi connectivity index (χ0v) is 12.7. The molecular formula is C16H30OS. The normalized spacial score (nSPS) is 36.8. The van der Waals surface area contributed by atoms with E-state index in [1.165, 1.54) is 70.6 Å². The Balaban J connectivity index is 1.83. The van der Waals surface area contributed by atoms with Crippen LogP contribution in [0, 0.1) is 11.8 Å². The minimum atomic E-state index is 0.664. The van der Waals surface area contributed by atoms with Crippen molar-refractivity contribution in [2.45, 2.75) is 75.9 Å². The van der Waals surface area contributed by atoms with Crippen LogP contribution in [0.15, 0.2) is 0 Å². The minimum absolute atomic E-state index is 0.664. The molecule has 1 nitrogen and oxygen atoms in total. The summed E-state index contributed by atoms with van der Waals surface area (Å²) in [5.74, 6) is 1.78. The van der Waals surface area contributed by atoms with E-state index in [4.69, 9.17) is 4.74 Å². The summed E-state index contributed by atoms with van der Waals surface area (Å²) in [5, 5.41) is 0.664. The molecular weight excluding hydrogens is 240 g/mol. The van der Waals surface area contributed by atoms with Crippen molar-refractivity contribution in [1.82, 2.24) is 0 Å². The van der Waals surface area contributed by atoms with Gasteiger partial charge in [0.05, 0.1) is 0 Å². The summed E-state index contributed by atoms with van der Waals surface area (Å²) in [6.07, 6.45) is 15.2. The third kappa shape index (κ3) is 5.13. The molecule has 2 fully saturated rings. The van der Waals surface area contributed by atoms with Gasteiger partial charge in [-0.2, -0.15) is 12.6 Å². The van der Waals surface area contributed by atoms with Crippen molar-refractivity contribution < 1.29 is 4.74 Å². The predicted octanol–water partition coefficient (Wildman–Crippen LogP) is 4.85.